The van der Waals surface area contributed by atoms with Gasteiger partial charge in [0.15, 0.2) is 11.9 Å². The quantitative estimate of drug-likeness (QED) is 0.464. The van der Waals surface area contributed by atoms with E-state index in [0.717, 1.165) is 20.4 Å². The lowest BCUT2D eigenvalue weighted by molar-refractivity contribution is 0.225. The zero-order chi connectivity index (χ0) is 16.5. The lowest BCUT2D eigenvalue weighted by atomic mass is 10.1. The maximum Gasteiger partial charge on any atom is 0.247 e. The van der Waals surface area contributed by atoms with E-state index in [0.29, 0.717) is 16.7 Å². The molecule has 2 heterocycles. The fraction of sp³-hybridized carbons (Fsp3) is 0.118. The highest BCUT2D eigenvalue weighted by Gasteiger charge is 2.25. The van der Waals surface area contributed by atoms with Crippen LogP contribution in [0.15, 0.2) is 53.7 Å². The first-order chi connectivity index (χ1) is 11.7. The molecule has 1 aromatic heterocycles. The third-order valence-electron chi connectivity index (χ3n) is 3.67. The summed E-state index contributed by atoms with van der Waals surface area (Å²) in [7, 11) is 0. The van der Waals surface area contributed by atoms with E-state index in [1.807, 2.05) is 42.7 Å². The number of fused-ring (bicyclic) bond motifs is 3. The van der Waals surface area contributed by atoms with Crippen LogP contribution in [0.2, 0.25) is 0 Å². The van der Waals surface area contributed by atoms with Gasteiger partial charge in [-0.2, -0.15) is 4.98 Å². The van der Waals surface area contributed by atoms with Crippen molar-refractivity contribution in [3.8, 4) is 17.1 Å². The lowest BCUT2D eigenvalue weighted by Gasteiger charge is -2.19. The average molecular weight is 448 g/mol. The molecule has 7 heteroatoms. The maximum atomic E-state index is 6.18. The van der Waals surface area contributed by atoms with Crippen molar-refractivity contribution in [1.82, 2.24) is 15.2 Å². The fourth-order valence-electron chi connectivity index (χ4n) is 2.55. The minimum absolute atomic E-state index is 0.339. The van der Waals surface area contributed by atoms with Gasteiger partial charge in [-0.05, 0) is 47.0 Å². The van der Waals surface area contributed by atoms with Crippen LogP contribution in [-0.4, -0.2) is 21.4 Å². The van der Waals surface area contributed by atoms with Gasteiger partial charge in [0, 0.05) is 20.4 Å². The van der Waals surface area contributed by atoms with Crippen LogP contribution in [0.3, 0.4) is 0 Å². The van der Waals surface area contributed by atoms with Crippen molar-refractivity contribution in [3.05, 3.63) is 57.7 Å². The van der Waals surface area contributed by atoms with Crippen LogP contribution in [0.4, 0.5) is 5.69 Å². The number of hydrogen-bond donors (Lipinski definition) is 1. The van der Waals surface area contributed by atoms with Crippen molar-refractivity contribution in [2.75, 3.05) is 11.6 Å². The first-order valence-corrected chi connectivity index (χ1v) is 9.62. The maximum absolute atomic E-state index is 6.18. The summed E-state index contributed by atoms with van der Waals surface area (Å²) in [6, 6.07) is 16.2. The molecular formula is C17H13IN4OS. The summed E-state index contributed by atoms with van der Waals surface area (Å²) in [4.78, 5) is 4.51. The Morgan fingerprint density at radius 2 is 2.00 bits per heavy atom. The Bertz CT molecular complexity index is 905. The molecular weight excluding hydrogens is 435 g/mol. The predicted molar refractivity (Wildman–Crippen MR) is 103 cm³/mol. The molecule has 3 aromatic rings. The molecule has 120 valence electrons. The zero-order valence-electron chi connectivity index (χ0n) is 12.7. The smallest absolute Gasteiger partial charge is 0.247 e. The molecule has 0 spiro atoms. The number of hydrogen-bond acceptors (Lipinski definition) is 6. The van der Waals surface area contributed by atoms with E-state index >= 15 is 0 Å². The normalized spacial score (nSPS) is 15.5. The van der Waals surface area contributed by atoms with Crippen LogP contribution in [0, 0.1) is 3.57 Å². The van der Waals surface area contributed by atoms with Gasteiger partial charge in [-0.1, -0.05) is 42.1 Å². The summed E-state index contributed by atoms with van der Waals surface area (Å²) >= 11 is 3.74. The highest BCUT2D eigenvalue weighted by Crippen LogP contribution is 2.39. The molecule has 1 unspecified atom stereocenters. The van der Waals surface area contributed by atoms with Crippen LogP contribution in [0.1, 0.15) is 11.8 Å². The van der Waals surface area contributed by atoms with Crippen LogP contribution in [0.25, 0.3) is 11.3 Å². The Morgan fingerprint density at radius 1 is 1.12 bits per heavy atom. The minimum Gasteiger partial charge on any atom is -0.448 e. The summed E-state index contributed by atoms with van der Waals surface area (Å²) in [6.45, 7) is 0. The van der Waals surface area contributed by atoms with Crippen molar-refractivity contribution in [2.24, 2.45) is 0 Å². The van der Waals surface area contributed by atoms with E-state index < -0.39 is 0 Å². The third kappa shape index (κ3) is 2.93. The summed E-state index contributed by atoms with van der Waals surface area (Å²) in [6.07, 6.45) is 1.58. The van der Waals surface area contributed by atoms with Crippen molar-refractivity contribution in [1.29, 1.82) is 0 Å². The second kappa shape index (κ2) is 6.56. The standard InChI is InChI=1S/C17H13IN4OS/c1-24-17-20-16-14(21-22-17)12-7-2-3-8-13(12)19-15(23-16)10-5-4-6-11(18)9-10/h2-9,15,19H,1H3. The van der Waals surface area contributed by atoms with Gasteiger partial charge in [-0.3, -0.25) is 0 Å². The van der Waals surface area contributed by atoms with Gasteiger partial charge >= 0.3 is 0 Å². The second-order valence-corrected chi connectivity index (χ2v) is 7.21. The first-order valence-electron chi connectivity index (χ1n) is 7.31. The molecule has 0 radical (unpaired) electrons. The van der Waals surface area contributed by atoms with Crippen LogP contribution in [0.5, 0.6) is 5.88 Å². The van der Waals surface area contributed by atoms with E-state index in [9.17, 15) is 0 Å². The Labute approximate surface area is 157 Å². The minimum atomic E-state index is -0.339. The first kappa shape index (κ1) is 15.6. The van der Waals surface area contributed by atoms with Gasteiger partial charge in [0.25, 0.3) is 0 Å². The number of para-hydroxylation sites is 1. The van der Waals surface area contributed by atoms with Crippen molar-refractivity contribution >= 4 is 40.0 Å². The number of thioether (sulfide) groups is 1. The topological polar surface area (TPSA) is 59.9 Å². The predicted octanol–water partition coefficient (Wildman–Crippen LogP) is 4.37. The molecule has 2 aromatic carbocycles. The molecule has 0 bridgehead atoms. The summed E-state index contributed by atoms with van der Waals surface area (Å²) in [5.74, 6) is 0.496. The molecule has 4 rings (SSSR count). The number of halogens is 1. The largest absolute Gasteiger partial charge is 0.448 e. The number of benzene rings is 2. The zero-order valence-corrected chi connectivity index (χ0v) is 15.7. The van der Waals surface area contributed by atoms with E-state index in [2.05, 4.69) is 55.2 Å². The molecule has 1 atom stereocenters. The Kier molecular flexibility index (Phi) is 4.28. The molecule has 0 amide bonds. The Morgan fingerprint density at radius 3 is 2.83 bits per heavy atom. The Balaban J connectivity index is 1.87. The van der Waals surface area contributed by atoms with E-state index in [1.54, 1.807) is 0 Å². The summed E-state index contributed by atoms with van der Waals surface area (Å²) in [5.41, 5.74) is 3.58. The van der Waals surface area contributed by atoms with Gasteiger partial charge in [-0.25, -0.2) is 0 Å². The molecule has 0 aliphatic carbocycles. The number of rotatable bonds is 2. The lowest BCUT2D eigenvalue weighted by Crippen LogP contribution is -2.17. The van der Waals surface area contributed by atoms with Crippen molar-refractivity contribution in [3.63, 3.8) is 0 Å². The van der Waals surface area contributed by atoms with Crippen LogP contribution < -0.4 is 10.1 Å². The van der Waals surface area contributed by atoms with Gasteiger partial charge in [-0.15, -0.1) is 10.2 Å². The van der Waals surface area contributed by atoms with Crippen LogP contribution >= 0.6 is 34.4 Å². The molecule has 0 fully saturated rings. The molecule has 1 aliphatic heterocycles. The molecule has 5 nitrogen and oxygen atoms in total. The third-order valence-corrected chi connectivity index (χ3v) is 4.88. The number of nitrogens with one attached hydrogen (secondary N) is 1. The number of aromatic nitrogens is 3. The average Bonchev–Trinajstić information content (AvgIpc) is 2.78. The van der Waals surface area contributed by atoms with E-state index in [1.165, 1.54) is 11.8 Å². The highest BCUT2D eigenvalue weighted by molar-refractivity contribution is 14.1. The molecule has 0 saturated carbocycles. The number of ether oxygens (including phenoxy) is 1. The number of anilines is 1. The van der Waals surface area contributed by atoms with Crippen molar-refractivity contribution < 1.29 is 4.74 Å². The SMILES string of the molecule is CSc1nnc2c(n1)OC(c1cccc(I)c1)Nc1ccccc1-2. The van der Waals surface area contributed by atoms with E-state index in [-0.39, 0.29) is 6.23 Å². The fourth-order valence-corrected chi connectivity index (χ4v) is 3.42. The molecule has 1 N–H and O–H groups in total. The van der Waals surface area contributed by atoms with Gasteiger partial charge in [0.05, 0.1) is 0 Å². The molecule has 24 heavy (non-hydrogen) atoms. The van der Waals surface area contributed by atoms with E-state index in [4.69, 9.17) is 4.74 Å². The van der Waals surface area contributed by atoms with Gasteiger partial charge < -0.3 is 10.1 Å². The second-order valence-electron chi connectivity index (χ2n) is 5.20. The monoisotopic (exact) mass is 448 g/mol. The van der Waals surface area contributed by atoms with Gasteiger partial charge in [0.2, 0.25) is 11.0 Å². The van der Waals surface area contributed by atoms with Crippen LogP contribution in [-0.2, 0) is 0 Å². The summed E-state index contributed by atoms with van der Waals surface area (Å²) in [5, 5.41) is 12.5. The van der Waals surface area contributed by atoms with Gasteiger partial charge in [0.1, 0.15) is 0 Å². The molecule has 1 aliphatic rings. The number of nitrogens with zero attached hydrogens (tertiary/aromatic N) is 3. The highest BCUT2D eigenvalue weighted by atomic mass is 127. The molecule has 0 saturated heterocycles. The Hall–Kier alpha value is -1.87. The van der Waals surface area contributed by atoms with Crippen molar-refractivity contribution in [2.45, 2.75) is 11.4 Å². The summed E-state index contributed by atoms with van der Waals surface area (Å²) < 4.78 is 7.33.